The molecule has 0 unspecified atom stereocenters. The zero-order valence-electron chi connectivity index (χ0n) is 8.34. The first-order valence-corrected chi connectivity index (χ1v) is 5.37. The summed E-state index contributed by atoms with van der Waals surface area (Å²) >= 11 is 3.69. The predicted molar refractivity (Wildman–Crippen MR) is 59.2 cm³/mol. The molecule has 14 heavy (non-hydrogen) atoms. The summed E-state index contributed by atoms with van der Waals surface area (Å²) in [6.45, 7) is 3.55. The van der Waals surface area contributed by atoms with E-state index >= 15 is 0 Å². The van der Waals surface area contributed by atoms with Gasteiger partial charge in [-0.05, 0) is 24.1 Å². The van der Waals surface area contributed by atoms with Crippen LogP contribution in [0.2, 0.25) is 0 Å². The maximum Gasteiger partial charge on any atom is 0.121 e. The molecule has 0 atom stereocenters. The molecule has 1 aromatic carbocycles. The van der Waals surface area contributed by atoms with E-state index in [9.17, 15) is 0 Å². The SMILES string of the molecule is COc1ccc(C2(Br)COC2)cc1C. The highest BCUT2D eigenvalue weighted by Gasteiger charge is 2.37. The number of aryl methyl sites for hydroxylation is 1. The fraction of sp³-hybridized carbons (Fsp3) is 0.455. The van der Waals surface area contributed by atoms with Gasteiger partial charge in [0.15, 0.2) is 0 Å². The average molecular weight is 257 g/mol. The van der Waals surface area contributed by atoms with E-state index < -0.39 is 0 Å². The van der Waals surface area contributed by atoms with Crippen molar-refractivity contribution in [1.82, 2.24) is 0 Å². The lowest BCUT2D eigenvalue weighted by atomic mass is 9.95. The van der Waals surface area contributed by atoms with Crippen LogP contribution in [0.1, 0.15) is 11.1 Å². The zero-order valence-corrected chi connectivity index (χ0v) is 9.93. The molecule has 0 N–H and O–H groups in total. The Balaban J connectivity index is 2.32. The Morgan fingerprint density at radius 2 is 2.14 bits per heavy atom. The third kappa shape index (κ3) is 1.55. The van der Waals surface area contributed by atoms with Gasteiger partial charge in [0.25, 0.3) is 0 Å². The molecule has 76 valence electrons. The molecular formula is C11H13BrO2. The lowest BCUT2D eigenvalue weighted by Gasteiger charge is -2.36. The molecule has 0 aromatic heterocycles. The Bertz CT molecular complexity index is 345. The number of ether oxygens (including phenoxy) is 2. The van der Waals surface area contributed by atoms with E-state index in [1.54, 1.807) is 7.11 Å². The largest absolute Gasteiger partial charge is 0.496 e. The lowest BCUT2D eigenvalue weighted by molar-refractivity contribution is -0.00702. The molecule has 1 aromatic rings. The standard InChI is InChI=1S/C11H13BrO2/c1-8-5-9(3-4-10(8)13-2)11(12)6-14-7-11/h3-5H,6-7H2,1-2H3. The molecular weight excluding hydrogens is 244 g/mol. The van der Waals surface area contributed by atoms with E-state index in [1.165, 1.54) is 5.56 Å². The van der Waals surface area contributed by atoms with Crippen molar-refractivity contribution in [3.63, 3.8) is 0 Å². The van der Waals surface area contributed by atoms with Crippen LogP contribution in [0.5, 0.6) is 5.75 Å². The minimum Gasteiger partial charge on any atom is -0.496 e. The van der Waals surface area contributed by atoms with Gasteiger partial charge in [0.05, 0.1) is 24.6 Å². The fourth-order valence-corrected chi connectivity index (χ4v) is 2.18. The second-order valence-corrected chi connectivity index (χ2v) is 5.16. The van der Waals surface area contributed by atoms with Gasteiger partial charge in [-0.15, -0.1) is 0 Å². The molecule has 0 radical (unpaired) electrons. The molecule has 0 saturated carbocycles. The third-order valence-electron chi connectivity index (χ3n) is 2.57. The molecule has 0 amide bonds. The highest BCUT2D eigenvalue weighted by Crippen LogP contribution is 2.39. The summed E-state index contributed by atoms with van der Waals surface area (Å²) in [6, 6.07) is 6.24. The van der Waals surface area contributed by atoms with Gasteiger partial charge < -0.3 is 9.47 Å². The number of methoxy groups -OCH3 is 1. The van der Waals surface area contributed by atoms with Gasteiger partial charge in [-0.2, -0.15) is 0 Å². The van der Waals surface area contributed by atoms with Crippen LogP contribution in [0.15, 0.2) is 18.2 Å². The Morgan fingerprint density at radius 3 is 2.57 bits per heavy atom. The number of benzene rings is 1. The van der Waals surface area contributed by atoms with Crippen molar-refractivity contribution in [1.29, 1.82) is 0 Å². The maximum absolute atomic E-state index is 5.22. The molecule has 2 rings (SSSR count). The van der Waals surface area contributed by atoms with Crippen LogP contribution < -0.4 is 4.74 Å². The maximum atomic E-state index is 5.22. The van der Waals surface area contributed by atoms with E-state index in [0.717, 1.165) is 24.5 Å². The summed E-state index contributed by atoms with van der Waals surface area (Å²) in [6.07, 6.45) is 0. The second kappa shape index (κ2) is 3.55. The van der Waals surface area contributed by atoms with Crippen LogP contribution >= 0.6 is 15.9 Å². The number of hydrogen-bond donors (Lipinski definition) is 0. The first kappa shape index (κ1) is 9.99. The van der Waals surface area contributed by atoms with Crippen LogP contribution in [0.25, 0.3) is 0 Å². The van der Waals surface area contributed by atoms with Crippen molar-refractivity contribution in [2.24, 2.45) is 0 Å². The smallest absolute Gasteiger partial charge is 0.121 e. The summed E-state index contributed by atoms with van der Waals surface area (Å²) in [4.78, 5) is 0. The number of hydrogen-bond acceptors (Lipinski definition) is 2. The Labute approximate surface area is 92.3 Å². The van der Waals surface area contributed by atoms with Gasteiger partial charge in [0.1, 0.15) is 5.75 Å². The molecule has 1 aliphatic heterocycles. The van der Waals surface area contributed by atoms with Crippen molar-refractivity contribution in [2.45, 2.75) is 11.2 Å². The summed E-state index contributed by atoms with van der Waals surface area (Å²) in [5, 5.41) is 0. The first-order chi connectivity index (χ1) is 6.65. The topological polar surface area (TPSA) is 18.5 Å². The van der Waals surface area contributed by atoms with E-state index in [2.05, 4.69) is 35.0 Å². The summed E-state index contributed by atoms with van der Waals surface area (Å²) < 4.78 is 10.5. The normalized spacial score (nSPS) is 18.8. The van der Waals surface area contributed by atoms with E-state index in [1.807, 2.05) is 6.07 Å². The van der Waals surface area contributed by atoms with E-state index in [-0.39, 0.29) is 4.32 Å². The van der Waals surface area contributed by atoms with Crippen molar-refractivity contribution >= 4 is 15.9 Å². The van der Waals surface area contributed by atoms with Gasteiger partial charge in [-0.25, -0.2) is 0 Å². The average Bonchev–Trinajstić information content (AvgIpc) is 2.14. The molecule has 1 fully saturated rings. The van der Waals surface area contributed by atoms with Gasteiger partial charge in [-0.3, -0.25) is 0 Å². The molecule has 1 aliphatic rings. The highest BCUT2D eigenvalue weighted by atomic mass is 79.9. The van der Waals surface area contributed by atoms with Crippen LogP contribution in [0.4, 0.5) is 0 Å². The monoisotopic (exact) mass is 256 g/mol. The Hall–Kier alpha value is -0.540. The van der Waals surface area contributed by atoms with Crippen LogP contribution in [0, 0.1) is 6.92 Å². The highest BCUT2D eigenvalue weighted by molar-refractivity contribution is 9.09. The van der Waals surface area contributed by atoms with Gasteiger partial charge in [-0.1, -0.05) is 28.1 Å². The summed E-state index contributed by atoms with van der Waals surface area (Å²) in [5.41, 5.74) is 2.43. The number of halogens is 1. The van der Waals surface area contributed by atoms with Crippen LogP contribution in [0.3, 0.4) is 0 Å². The summed E-state index contributed by atoms with van der Waals surface area (Å²) in [7, 11) is 1.69. The quantitative estimate of drug-likeness (QED) is 0.758. The Kier molecular flexibility index (Phi) is 2.54. The Morgan fingerprint density at radius 1 is 1.43 bits per heavy atom. The minimum absolute atomic E-state index is 0.0318. The second-order valence-electron chi connectivity index (χ2n) is 3.64. The number of rotatable bonds is 2. The van der Waals surface area contributed by atoms with Gasteiger partial charge >= 0.3 is 0 Å². The van der Waals surface area contributed by atoms with Crippen LogP contribution in [-0.4, -0.2) is 20.3 Å². The first-order valence-electron chi connectivity index (χ1n) is 4.57. The molecule has 0 bridgehead atoms. The molecule has 0 spiro atoms. The van der Waals surface area contributed by atoms with E-state index in [4.69, 9.17) is 9.47 Å². The minimum atomic E-state index is 0.0318. The van der Waals surface area contributed by atoms with Crippen molar-refractivity contribution < 1.29 is 9.47 Å². The molecule has 3 heteroatoms. The number of alkyl halides is 1. The van der Waals surface area contributed by atoms with E-state index in [0.29, 0.717) is 0 Å². The molecule has 1 heterocycles. The zero-order chi connectivity index (χ0) is 10.2. The molecule has 2 nitrogen and oxygen atoms in total. The molecule has 1 saturated heterocycles. The van der Waals surface area contributed by atoms with Crippen LogP contribution in [-0.2, 0) is 9.06 Å². The summed E-state index contributed by atoms with van der Waals surface area (Å²) in [5.74, 6) is 0.935. The van der Waals surface area contributed by atoms with Crippen molar-refractivity contribution in [3.8, 4) is 5.75 Å². The van der Waals surface area contributed by atoms with Gasteiger partial charge in [0.2, 0.25) is 0 Å². The third-order valence-corrected chi connectivity index (χ3v) is 3.49. The fourth-order valence-electron chi connectivity index (χ4n) is 1.61. The molecule has 0 aliphatic carbocycles. The predicted octanol–water partition coefficient (Wildman–Crippen LogP) is 2.62. The lowest BCUT2D eigenvalue weighted by Crippen LogP contribution is -2.40. The van der Waals surface area contributed by atoms with Crippen molar-refractivity contribution in [3.05, 3.63) is 29.3 Å². The van der Waals surface area contributed by atoms with Gasteiger partial charge in [0, 0.05) is 0 Å². The van der Waals surface area contributed by atoms with Crippen molar-refractivity contribution in [2.75, 3.05) is 20.3 Å².